The van der Waals surface area contributed by atoms with Crippen LogP contribution in [0.4, 0.5) is 0 Å². The van der Waals surface area contributed by atoms with E-state index in [-0.39, 0.29) is 12.8 Å². The van der Waals surface area contributed by atoms with Crippen LogP contribution in [0.15, 0.2) is 48.6 Å². The van der Waals surface area contributed by atoms with Gasteiger partial charge in [-0.1, -0.05) is 242 Å². The molecule has 1 saturated heterocycles. The molecule has 1 heterocycles. The molecule has 0 aromatic heterocycles. The van der Waals surface area contributed by atoms with Crippen molar-refractivity contribution in [1.82, 2.24) is 5.32 Å². The van der Waals surface area contributed by atoms with Crippen LogP contribution in [0.2, 0.25) is 0 Å². The molecule has 1 aliphatic heterocycles. The van der Waals surface area contributed by atoms with Crippen molar-refractivity contribution in [2.45, 2.75) is 332 Å². The summed E-state index contributed by atoms with van der Waals surface area (Å²) in [6.07, 6.45) is 54.9. The summed E-state index contributed by atoms with van der Waals surface area (Å²) < 4.78 is 11.1. The maximum Gasteiger partial charge on any atom is 0.249 e. The number of carbonyl (C=O) groups is 1. The van der Waals surface area contributed by atoms with Gasteiger partial charge in [0, 0.05) is 0 Å². The third-order valence-corrected chi connectivity index (χ3v) is 14.8. The molecule has 434 valence electrons. The Kier molecular flexibility index (Phi) is 49.1. The first kappa shape index (κ1) is 70.1. The molecule has 0 aliphatic carbocycles. The van der Waals surface area contributed by atoms with Gasteiger partial charge in [-0.2, -0.15) is 0 Å². The number of hydrogen-bond donors (Lipinski definition) is 8. The fourth-order valence-electron chi connectivity index (χ4n) is 9.78. The summed E-state index contributed by atoms with van der Waals surface area (Å²) in [6.45, 7) is 3.42. The Morgan fingerprint density at radius 3 is 1.30 bits per heavy atom. The first-order valence-corrected chi connectivity index (χ1v) is 31.0. The van der Waals surface area contributed by atoms with Crippen molar-refractivity contribution in [2.75, 3.05) is 13.2 Å². The molecule has 8 N–H and O–H groups in total. The third-order valence-electron chi connectivity index (χ3n) is 14.8. The molecule has 9 unspecified atom stereocenters. The largest absolute Gasteiger partial charge is 0.394 e. The molecule has 74 heavy (non-hydrogen) atoms. The molecule has 9 atom stereocenters. The number of nitrogens with one attached hydrogen (secondary N) is 1. The highest BCUT2D eigenvalue weighted by Gasteiger charge is 2.44. The minimum atomic E-state index is -1.67. The molecule has 0 bridgehead atoms. The SMILES string of the molecule is CCCCCC/C=C/CC/C=C/CCCC(O)C(O)C(COC1OC(CO)C(O)C(O)C1O)NC(=O)C(O)CCCCCCCCCCCCCCCCCC/C=C\C/C=C\CCCCCCCCCCCCC. The van der Waals surface area contributed by atoms with Crippen molar-refractivity contribution in [3.63, 3.8) is 0 Å². The Morgan fingerprint density at radius 2 is 0.851 bits per heavy atom. The molecule has 11 nitrogen and oxygen atoms in total. The summed E-state index contributed by atoms with van der Waals surface area (Å²) in [7, 11) is 0. The average Bonchev–Trinajstić information content (AvgIpc) is 3.40. The number of aliphatic hydroxyl groups is 7. The summed E-state index contributed by atoms with van der Waals surface area (Å²) in [5, 5.41) is 76.0. The zero-order chi connectivity index (χ0) is 54.0. The number of allylic oxidation sites excluding steroid dienone is 8. The fourth-order valence-corrected chi connectivity index (χ4v) is 9.78. The molecule has 1 fully saturated rings. The maximum atomic E-state index is 13.2. The van der Waals surface area contributed by atoms with Gasteiger partial charge in [0.05, 0.1) is 25.4 Å². The lowest BCUT2D eigenvalue weighted by Crippen LogP contribution is -2.60. The number of aliphatic hydroxyl groups excluding tert-OH is 7. The van der Waals surface area contributed by atoms with E-state index in [9.17, 15) is 40.5 Å². The molecule has 11 heteroatoms. The molecule has 1 aliphatic rings. The highest BCUT2D eigenvalue weighted by Crippen LogP contribution is 2.23. The minimum absolute atomic E-state index is 0.245. The van der Waals surface area contributed by atoms with Crippen molar-refractivity contribution in [2.24, 2.45) is 0 Å². The van der Waals surface area contributed by atoms with E-state index < -0.39 is 74.2 Å². The van der Waals surface area contributed by atoms with E-state index >= 15 is 0 Å². The van der Waals surface area contributed by atoms with Gasteiger partial charge in [0.15, 0.2) is 6.29 Å². The standard InChI is InChI=1S/C63H117NO10/c1-3-5-7-9-11-13-15-17-18-19-20-21-22-23-24-25-26-27-28-29-30-31-32-33-34-35-36-37-39-41-43-45-47-49-51-56(67)62(72)64-54(53-73-63-61(71)60(70)59(69)57(52-65)74-63)58(68)55(66)50-48-46-44-42-40-38-16-14-12-10-8-6-4-2/h14,16,22-23,25-26,42,44,54-61,63,65-71H,3-13,15,17-21,24,27-41,43,45-53H2,1-2H3,(H,64,72)/b16-14+,23-22-,26-25-,44-42+. The second-order valence-corrected chi connectivity index (χ2v) is 21.8. The number of carbonyl (C=O) groups excluding carboxylic acids is 1. The van der Waals surface area contributed by atoms with Crippen LogP contribution in [0.5, 0.6) is 0 Å². The maximum absolute atomic E-state index is 13.2. The average molecular weight is 1050 g/mol. The van der Waals surface area contributed by atoms with Crippen molar-refractivity contribution >= 4 is 5.91 Å². The Hall–Kier alpha value is -1.93. The zero-order valence-corrected chi connectivity index (χ0v) is 47.6. The van der Waals surface area contributed by atoms with Crippen LogP contribution in [0.3, 0.4) is 0 Å². The molecule has 1 rings (SSSR count). The number of amides is 1. The number of rotatable bonds is 53. The molecule has 0 spiro atoms. The van der Waals surface area contributed by atoms with Gasteiger partial charge in [-0.25, -0.2) is 0 Å². The quantitative estimate of drug-likeness (QED) is 0.0215. The predicted octanol–water partition coefficient (Wildman–Crippen LogP) is 13.6. The lowest BCUT2D eigenvalue weighted by atomic mass is 9.98. The van der Waals surface area contributed by atoms with Gasteiger partial charge in [-0.3, -0.25) is 4.79 Å². The fraction of sp³-hybridized carbons (Fsp3) is 0.857. The first-order chi connectivity index (χ1) is 36.2. The molecule has 1 amide bonds. The van der Waals surface area contributed by atoms with Crippen molar-refractivity contribution in [3.8, 4) is 0 Å². The van der Waals surface area contributed by atoms with Crippen molar-refractivity contribution in [1.29, 1.82) is 0 Å². The van der Waals surface area contributed by atoms with Crippen LogP contribution in [0.25, 0.3) is 0 Å². The van der Waals surface area contributed by atoms with Gasteiger partial charge in [-0.15, -0.1) is 0 Å². The molecular formula is C63H117NO10. The highest BCUT2D eigenvalue weighted by atomic mass is 16.7. The van der Waals surface area contributed by atoms with Crippen LogP contribution in [-0.2, 0) is 14.3 Å². The van der Waals surface area contributed by atoms with Crippen LogP contribution in [-0.4, -0.2) is 110 Å². The number of unbranched alkanes of at least 4 members (excludes halogenated alkanes) is 33. The summed E-state index contributed by atoms with van der Waals surface area (Å²) in [4.78, 5) is 13.2. The lowest BCUT2D eigenvalue weighted by molar-refractivity contribution is -0.303. The van der Waals surface area contributed by atoms with Gasteiger partial charge >= 0.3 is 0 Å². The van der Waals surface area contributed by atoms with E-state index in [1.807, 2.05) is 0 Å². The summed E-state index contributed by atoms with van der Waals surface area (Å²) >= 11 is 0. The topological polar surface area (TPSA) is 189 Å². The van der Waals surface area contributed by atoms with Gasteiger partial charge in [-0.05, 0) is 83.5 Å². The van der Waals surface area contributed by atoms with Gasteiger partial charge in [0.25, 0.3) is 0 Å². The molecular weight excluding hydrogens is 931 g/mol. The second-order valence-electron chi connectivity index (χ2n) is 21.8. The Balaban J connectivity index is 2.18. The second kappa shape index (κ2) is 51.8. The van der Waals surface area contributed by atoms with Crippen molar-refractivity contribution in [3.05, 3.63) is 48.6 Å². The monoisotopic (exact) mass is 1050 g/mol. The predicted molar refractivity (Wildman–Crippen MR) is 307 cm³/mol. The van der Waals surface area contributed by atoms with E-state index in [1.54, 1.807) is 0 Å². The summed E-state index contributed by atoms with van der Waals surface area (Å²) in [5.74, 6) is -0.710. The van der Waals surface area contributed by atoms with Gasteiger partial charge in [0.1, 0.15) is 36.6 Å². The van der Waals surface area contributed by atoms with Crippen LogP contribution < -0.4 is 5.32 Å². The molecule has 0 aromatic carbocycles. The van der Waals surface area contributed by atoms with Crippen molar-refractivity contribution < 1.29 is 50.0 Å². The Bertz CT molecular complexity index is 1340. The van der Waals surface area contributed by atoms with Gasteiger partial charge in [0.2, 0.25) is 5.91 Å². The number of ether oxygens (including phenoxy) is 2. The van der Waals surface area contributed by atoms with E-state index in [0.29, 0.717) is 19.3 Å². The Labute approximate surface area is 453 Å². The minimum Gasteiger partial charge on any atom is -0.394 e. The zero-order valence-electron chi connectivity index (χ0n) is 47.6. The molecule has 0 radical (unpaired) electrons. The van der Waals surface area contributed by atoms with E-state index in [2.05, 4.69) is 67.8 Å². The normalized spacial score (nSPS) is 20.1. The van der Waals surface area contributed by atoms with E-state index in [0.717, 1.165) is 44.9 Å². The Morgan fingerprint density at radius 1 is 0.473 bits per heavy atom. The van der Waals surface area contributed by atoms with Crippen LogP contribution >= 0.6 is 0 Å². The summed E-state index contributed by atoms with van der Waals surface area (Å²) in [5.41, 5.74) is 0. The summed E-state index contributed by atoms with van der Waals surface area (Å²) in [6, 6.07) is -1.19. The highest BCUT2D eigenvalue weighted by molar-refractivity contribution is 5.80. The third kappa shape index (κ3) is 39.4. The first-order valence-electron chi connectivity index (χ1n) is 31.0. The molecule has 0 aromatic rings. The lowest BCUT2D eigenvalue weighted by Gasteiger charge is -2.40. The molecule has 0 saturated carbocycles. The van der Waals surface area contributed by atoms with E-state index in [4.69, 9.17) is 9.47 Å². The van der Waals surface area contributed by atoms with Crippen LogP contribution in [0, 0.1) is 0 Å². The van der Waals surface area contributed by atoms with E-state index in [1.165, 1.54) is 186 Å². The number of hydrogen-bond acceptors (Lipinski definition) is 10. The smallest absolute Gasteiger partial charge is 0.249 e. The van der Waals surface area contributed by atoms with Gasteiger partial charge < -0.3 is 50.5 Å². The van der Waals surface area contributed by atoms with Crippen LogP contribution in [0.1, 0.15) is 277 Å².